The van der Waals surface area contributed by atoms with E-state index in [0.29, 0.717) is 19.3 Å². The molecule has 0 aliphatic heterocycles. The maximum atomic E-state index is 12.9. The Morgan fingerprint density at radius 1 is 0.266 bits per heavy atom. The van der Waals surface area contributed by atoms with Gasteiger partial charge >= 0.3 is 17.9 Å². The zero-order valence-electron chi connectivity index (χ0n) is 52.1. The van der Waals surface area contributed by atoms with Gasteiger partial charge in [0.15, 0.2) is 6.10 Å². The zero-order chi connectivity index (χ0) is 57.1. The Morgan fingerprint density at radius 3 is 0.785 bits per heavy atom. The summed E-state index contributed by atoms with van der Waals surface area (Å²) in [5.74, 6) is -0.910. The van der Waals surface area contributed by atoms with Gasteiger partial charge in [0, 0.05) is 19.3 Å². The summed E-state index contributed by atoms with van der Waals surface area (Å²) in [7, 11) is 0. The normalized spacial score (nSPS) is 12.7. The molecule has 6 nitrogen and oxygen atoms in total. The summed E-state index contributed by atoms with van der Waals surface area (Å²) in [6.07, 6.45) is 89.9. The van der Waals surface area contributed by atoms with Crippen molar-refractivity contribution in [1.82, 2.24) is 0 Å². The van der Waals surface area contributed by atoms with Crippen LogP contribution in [0.5, 0.6) is 0 Å². The first kappa shape index (κ1) is 75.3. The molecule has 0 amide bonds. The Hall–Kier alpha value is -3.67. The molecule has 1 atom stereocenters. The number of hydrogen-bond donors (Lipinski definition) is 0. The minimum absolute atomic E-state index is 0.0897. The highest BCUT2D eigenvalue weighted by Gasteiger charge is 2.19. The second-order valence-corrected chi connectivity index (χ2v) is 22.3. The van der Waals surface area contributed by atoms with Crippen LogP contribution in [-0.2, 0) is 28.6 Å². The molecule has 0 aliphatic carbocycles. The van der Waals surface area contributed by atoms with Crippen molar-refractivity contribution in [3.63, 3.8) is 0 Å². The molecule has 0 spiro atoms. The molecule has 0 aromatic rings. The second kappa shape index (κ2) is 66.8. The van der Waals surface area contributed by atoms with Gasteiger partial charge in [-0.1, -0.05) is 285 Å². The van der Waals surface area contributed by atoms with Gasteiger partial charge in [-0.2, -0.15) is 0 Å². The van der Waals surface area contributed by atoms with Gasteiger partial charge in [0.1, 0.15) is 13.2 Å². The first-order valence-corrected chi connectivity index (χ1v) is 33.7. The van der Waals surface area contributed by atoms with Crippen molar-refractivity contribution < 1.29 is 28.6 Å². The number of rotatable bonds is 61. The molecule has 1 unspecified atom stereocenters. The van der Waals surface area contributed by atoms with Crippen molar-refractivity contribution in [1.29, 1.82) is 0 Å². The molecule has 79 heavy (non-hydrogen) atoms. The largest absolute Gasteiger partial charge is 0.462 e. The molecule has 454 valence electrons. The lowest BCUT2D eigenvalue weighted by Crippen LogP contribution is -2.30. The monoisotopic (exact) mass is 1100 g/mol. The van der Waals surface area contributed by atoms with Gasteiger partial charge < -0.3 is 14.2 Å². The Balaban J connectivity index is 4.41. The number of carbonyl (C=O) groups is 3. The highest BCUT2D eigenvalue weighted by atomic mass is 16.6. The van der Waals surface area contributed by atoms with Gasteiger partial charge in [-0.3, -0.25) is 14.4 Å². The third-order valence-corrected chi connectivity index (χ3v) is 14.5. The molecule has 0 rings (SSSR count). The van der Waals surface area contributed by atoms with Crippen molar-refractivity contribution in [2.75, 3.05) is 13.2 Å². The van der Waals surface area contributed by atoms with Gasteiger partial charge in [-0.25, -0.2) is 0 Å². The number of hydrogen-bond acceptors (Lipinski definition) is 6. The average molecular weight is 1100 g/mol. The standard InChI is InChI=1S/C73H126O6/c1-4-7-10-13-16-19-22-25-28-31-33-35-36-38-39-42-45-48-51-54-57-60-63-66-72(75)78-69-70(68-77-71(74)65-62-59-56-53-50-47-44-41-30-27-24-21-18-15-12-9-6-3)79-73(76)67-64-61-58-55-52-49-46-43-40-37-34-32-29-26-23-20-17-14-11-8-5-2/h9,12,18,21-22,25,27,30-34,36,38,44,47,70H,4-8,10-11,13-17,19-20,23-24,26,28-29,35,37,39-43,45-46,48-69H2,1-3H3/b12-9-,21-18-,25-22-,30-27-,33-31-,34-32-,38-36-,47-44-. The lowest BCUT2D eigenvalue weighted by molar-refractivity contribution is -0.167. The number of carbonyl (C=O) groups excluding carboxylic acids is 3. The first-order valence-electron chi connectivity index (χ1n) is 33.7. The van der Waals surface area contributed by atoms with E-state index in [4.69, 9.17) is 14.2 Å². The van der Waals surface area contributed by atoms with Crippen molar-refractivity contribution in [3.8, 4) is 0 Å². The first-order chi connectivity index (χ1) is 39.0. The van der Waals surface area contributed by atoms with E-state index in [9.17, 15) is 14.4 Å². The van der Waals surface area contributed by atoms with Crippen LogP contribution in [0.2, 0.25) is 0 Å². The Morgan fingerprint density at radius 2 is 0.494 bits per heavy atom. The minimum atomic E-state index is -0.795. The third-order valence-electron chi connectivity index (χ3n) is 14.5. The molecular weight excluding hydrogens is 973 g/mol. The van der Waals surface area contributed by atoms with E-state index in [1.807, 2.05) is 0 Å². The van der Waals surface area contributed by atoms with Crippen LogP contribution in [0.4, 0.5) is 0 Å². The van der Waals surface area contributed by atoms with Gasteiger partial charge in [-0.15, -0.1) is 0 Å². The molecule has 0 bridgehead atoms. The summed E-state index contributed by atoms with van der Waals surface area (Å²) >= 11 is 0. The molecule has 6 heteroatoms. The van der Waals surface area contributed by atoms with Crippen molar-refractivity contribution in [2.24, 2.45) is 0 Å². The Bertz CT molecular complexity index is 1540. The van der Waals surface area contributed by atoms with E-state index in [1.165, 1.54) is 173 Å². The summed E-state index contributed by atoms with van der Waals surface area (Å²) in [5, 5.41) is 0. The fraction of sp³-hybridized carbons (Fsp3) is 0.740. The van der Waals surface area contributed by atoms with E-state index in [-0.39, 0.29) is 31.1 Å². The fourth-order valence-electron chi connectivity index (χ4n) is 9.50. The summed E-state index contributed by atoms with van der Waals surface area (Å²) in [6.45, 7) is 6.52. The highest BCUT2D eigenvalue weighted by Crippen LogP contribution is 2.16. The van der Waals surface area contributed by atoms with E-state index >= 15 is 0 Å². The lowest BCUT2D eigenvalue weighted by Gasteiger charge is -2.18. The molecule has 0 saturated heterocycles. The number of ether oxygens (including phenoxy) is 3. The number of unbranched alkanes of at least 4 members (excludes halogenated alkanes) is 34. The van der Waals surface area contributed by atoms with Crippen LogP contribution in [0, 0.1) is 0 Å². The van der Waals surface area contributed by atoms with E-state index < -0.39 is 6.10 Å². The van der Waals surface area contributed by atoms with Crippen LogP contribution >= 0.6 is 0 Å². The highest BCUT2D eigenvalue weighted by molar-refractivity contribution is 5.71. The van der Waals surface area contributed by atoms with Gasteiger partial charge in [0.05, 0.1) is 0 Å². The van der Waals surface area contributed by atoms with Crippen molar-refractivity contribution in [3.05, 3.63) is 97.2 Å². The second-order valence-electron chi connectivity index (χ2n) is 22.3. The maximum absolute atomic E-state index is 12.9. The van der Waals surface area contributed by atoms with E-state index in [2.05, 4.69) is 118 Å². The van der Waals surface area contributed by atoms with Crippen molar-refractivity contribution in [2.45, 2.75) is 335 Å². The number of esters is 3. The predicted octanol–water partition coefficient (Wildman–Crippen LogP) is 23.2. The molecular formula is C73H126O6. The molecule has 0 heterocycles. The Labute approximate surface area is 489 Å². The SMILES string of the molecule is CC/C=C\C/C=C\C/C=C\C/C=C\CCCCCCC(=O)OCC(COC(=O)CCCCCCCCCC/C=C\C/C=C\C/C=C\CCCCCCC)OC(=O)CCCCCCCCCCC/C=C\CCCCCCCCCC. The lowest BCUT2D eigenvalue weighted by atomic mass is 10.1. The summed E-state index contributed by atoms with van der Waals surface area (Å²) < 4.78 is 17.0. The van der Waals surface area contributed by atoms with Gasteiger partial charge in [0.2, 0.25) is 0 Å². The molecule has 0 radical (unpaired) electrons. The van der Waals surface area contributed by atoms with Crippen LogP contribution in [0.15, 0.2) is 97.2 Å². The molecule has 0 fully saturated rings. The minimum Gasteiger partial charge on any atom is -0.462 e. The van der Waals surface area contributed by atoms with Crippen LogP contribution in [0.25, 0.3) is 0 Å². The maximum Gasteiger partial charge on any atom is 0.306 e. The summed E-state index contributed by atoms with van der Waals surface area (Å²) in [4.78, 5) is 38.4. The van der Waals surface area contributed by atoms with Crippen LogP contribution < -0.4 is 0 Å². The molecule has 0 aromatic carbocycles. The fourth-order valence-corrected chi connectivity index (χ4v) is 9.50. The molecule has 0 N–H and O–H groups in total. The van der Waals surface area contributed by atoms with E-state index in [0.717, 1.165) is 116 Å². The average Bonchev–Trinajstić information content (AvgIpc) is 3.45. The molecule has 0 saturated carbocycles. The van der Waals surface area contributed by atoms with Gasteiger partial charge in [0.25, 0.3) is 0 Å². The quantitative estimate of drug-likeness (QED) is 0.0261. The topological polar surface area (TPSA) is 78.9 Å². The molecule has 0 aliphatic rings. The zero-order valence-corrected chi connectivity index (χ0v) is 52.1. The summed E-state index contributed by atoms with van der Waals surface area (Å²) in [5.41, 5.74) is 0. The number of allylic oxidation sites excluding steroid dienone is 16. The predicted molar refractivity (Wildman–Crippen MR) is 344 cm³/mol. The molecule has 0 aromatic heterocycles. The summed E-state index contributed by atoms with van der Waals surface area (Å²) in [6, 6.07) is 0. The van der Waals surface area contributed by atoms with Crippen LogP contribution in [0.3, 0.4) is 0 Å². The van der Waals surface area contributed by atoms with Crippen molar-refractivity contribution >= 4 is 17.9 Å². The van der Waals surface area contributed by atoms with Gasteiger partial charge in [-0.05, 0) is 122 Å². The van der Waals surface area contributed by atoms with Crippen LogP contribution in [-0.4, -0.2) is 37.2 Å². The van der Waals surface area contributed by atoms with E-state index in [1.54, 1.807) is 0 Å². The third kappa shape index (κ3) is 65.0. The Kier molecular flexibility index (Phi) is 63.7. The smallest absolute Gasteiger partial charge is 0.306 e. The van der Waals surface area contributed by atoms with Crippen LogP contribution in [0.1, 0.15) is 329 Å².